The number of carbonyl (C=O) groups is 1. The molecule has 0 fully saturated rings. The van der Waals surface area contributed by atoms with Crippen LogP contribution >= 0.6 is 0 Å². The van der Waals surface area contributed by atoms with Crippen LogP contribution in [0.15, 0.2) is 48.5 Å². The molecule has 2 rings (SSSR count). The highest BCUT2D eigenvalue weighted by Gasteiger charge is 2.27. The molecule has 0 bridgehead atoms. The van der Waals surface area contributed by atoms with E-state index in [0.29, 0.717) is 16.9 Å². The van der Waals surface area contributed by atoms with E-state index in [1.54, 1.807) is 35.6 Å². The van der Waals surface area contributed by atoms with Gasteiger partial charge >= 0.3 is 6.18 Å². The monoisotopic (exact) mass is 334 g/mol. The Morgan fingerprint density at radius 2 is 1.92 bits per heavy atom. The molecule has 0 saturated carbocycles. The number of hydrogen-bond acceptors (Lipinski definition) is 3. The number of amides is 1. The maximum Gasteiger partial charge on any atom is 0.405 e. The number of nitrogens with one attached hydrogen (secondary N) is 1. The number of rotatable bonds is 5. The number of alkyl halides is 3. The van der Waals surface area contributed by atoms with Crippen LogP contribution in [0.25, 0.3) is 0 Å². The van der Waals surface area contributed by atoms with Crippen molar-refractivity contribution in [3.05, 3.63) is 65.2 Å². The van der Waals surface area contributed by atoms with Crippen LogP contribution in [-0.2, 0) is 6.61 Å². The number of hydrogen-bond donors (Lipinski definition) is 1. The van der Waals surface area contributed by atoms with Crippen molar-refractivity contribution in [2.24, 2.45) is 0 Å². The maximum atomic E-state index is 12.1. The molecule has 0 saturated heterocycles. The lowest BCUT2D eigenvalue weighted by atomic mass is 10.1. The fraction of sp³-hybridized carbons (Fsp3) is 0.176. The molecule has 0 atom stereocenters. The molecule has 0 spiro atoms. The average Bonchev–Trinajstić information content (AvgIpc) is 2.57. The van der Waals surface area contributed by atoms with Crippen LogP contribution in [0.2, 0.25) is 0 Å². The topological polar surface area (TPSA) is 62.1 Å². The molecule has 124 valence electrons. The van der Waals surface area contributed by atoms with Crippen LogP contribution < -0.4 is 10.1 Å². The summed E-state index contributed by atoms with van der Waals surface area (Å²) in [5.41, 5.74) is 1.20. The van der Waals surface area contributed by atoms with Gasteiger partial charge in [0.25, 0.3) is 5.91 Å². The lowest BCUT2D eigenvalue weighted by Gasteiger charge is -2.10. The van der Waals surface area contributed by atoms with Crippen molar-refractivity contribution in [2.75, 3.05) is 6.54 Å². The molecule has 0 heterocycles. The van der Waals surface area contributed by atoms with Gasteiger partial charge in [-0.3, -0.25) is 4.79 Å². The lowest BCUT2D eigenvalue weighted by molar-refractivity contribution is -0.123. The van der Waals surface area contributed by atoms with E-state index < -0.39 is 18.6 Å². The Kier molecular flexibility index (Phi) is 5.42. The van der Waals surface area contributed by atoms with E-state index in [1.165, 1.54) is 18.2 Å². The van der Waals surface area contributed by atoms with Crippen LogP contribution in [0.4, 0.5) is 13.2 Å². The van der Waals surface area contributed by atoms with Crippen molar-refractivity contribution in [2.45, 2.75) is 12.8 Å². The third-order valence-electron chi connectivity index (χ3n) is 3.08. The van der Waals surface area contributed by atoms with Gasteiger partial charge in [0, 0.05) is 11.1 Å². The first-order chi connectivity index (χ1) is 11.4. The highest BCUT2D eigenvalue weighted by Crippen LogP contribution is 2.17. The highest BCUT2D eigenvalue weighted by atomic mass is 19.4. The summed E-state index contributed by atoms with van der Waals surface area (Å²) in [5.74, 6) is -0.516. The first-order valence-electron chi connectivity index (χ1n) is 6.95. The molecule has 7 heteroatoms. The van der Waals surface area contributed by atoms with Crippen molar-refractivity contribution in [3.63, 3.8) is 0 Å². The molecule has 0 aliphatic heterocycles. The number of nitriles is 1. The Morgan fingerprint density at radius 3 is 2.62 bits per heavy atom. The third kappa shape index (κ3) is 5.02. The predicted octanol–water partition coefficient (Wildman–Crippen LogP) is 3.43. The van der Waals surface area contributed by atoms with E-state index in [2.05, 4.69) is 0 Å². The molecule has 4 nitrogen and oxygen atoms in total. The zero-order valence-corrected chi connectivity index (χ0v) is 12.4. The summed E-state index contributed by atoms with van der Waals surface area (Å²) in [7, 11) is 0. The number of halogens is 3. The molecule has 0 radical (unpaired) electrons. The molecule has 2 aromatic carbocycles. The Bertz CT molecular complexity index is 767. The lowest BCUT2D eigenvalue weighted by Crippen LogP contribution is -2.33. The standard InChI is InChI=1S/C17H13F3N2O2/c18-17(19,20)11-22-16(23)12-6-3-7-15(8-12)24-10-14-5-2-1-4-13(14)9-21/h1-8H,10-11H2,(H,22,23). The van der Waals surface area contributed by atoms with Crippen LogP contribution in [0.1, 0.15) is 21.5 Å². The van der Waals surface area contributed by atoms with Gasteiger partial charge < -0.3 is 10.1 Å². The minimum absolute atomic E-state index is 0.0605. The molecule has 1 N–H and O–H groups in total. The quantitative estimate of drug-likeness (QED) is 0.911. The molecule has 24 heavy (non-hydrogen) atoms. The Hall–Kier alpha value is -3.01. The zero-order valence-electron chi connectivity index (χ0n) is 12.4. The predicted molar refractivity (Wildman–Crippen MR) is 80.3 cm³/mol. The van der Waals surface area contributed by atoms with E-state index >= 15 is 0 Å². The first-order valence-corrected chi connectivity index (χ1v) is 6.95. The van der Waals surface area contributed by atoms with E-state index in [1.807, 2.05) is 6.07 Å². The van der Waals surface area contributed by atoms with Crippen molar-refractivity contribution < 1.29 is 22.7 Å². The van der Waals surface area contributed by atoms with Crippen LogP contribution in [0, 0.1) is 11.3 Å². The van der Waals surface area contributed by atoms with Crippen molar-refractivity contribution in [3.8, 4) is 11.8 Å². The molecule has 1 amide bonds. The summed E-state index contributed by atoms with van der Waals surface area (Å²) in [6, 6.07) is 14.7. The molecular formula is C17H13F3N2O2. The molecule has 0 aliphatic rings. The molecule has 2 aromatic rings. The van der Waals surface area contributed by atoms with Crippen LogP contribution in [0.5, 0.6) is 5.75 Å². The summed E-state index contributed by atoms with van der Waals surface area (Å²) in [5, 5.41) is 10.8. The van der Waals surface area contributed by atoms with Gasteiger partial charge in [0.05, 0.1) is 11.6 Å². The largest absolute Gasteiger partial charge is 0.489 e. The third-order valence-corrected chi connectivity index (χ3v) is 3.08. The van der Waals surface area contributed by atoms with Gasteiger partial charge in [0.15, 0.2) is 0 Å². The normalized spacial score (nSPS) is 10.8. The second kappa shape index (κ2) is 7.51. The molecule has 0 unspecified atom stereocenters. The molecular weight excluding hydrogens is 321 g/mol. The SMILES string of the molecule is N#Cc1ccccc1COc1cccc(C(=O)NCC(F)(F)F)c1. The Morgan fingerprint density at radius 1 is 1.17 bits per heavy atom. The number of nitrogens with zero attached hydrogens (tertiary/aromatic N) is 1. The summed E-state index contributed by atoms with van der Waals surface area (Å²) in [6.45, 7) is -1.29. The molecule has 0 aliphatic carbocycles. The zero-order chi connectivity index (χ0) is 17.6. The minimum Gasteiger partial charge on any atom is -0.489 e. The Labute approximate surface area is 136 Å². The van der Waals surface area contributed by atoms with Gasteiger partial charge in [0.1, 0.15) is 18.9 Å². The smallest absolute Gasteiger partial charge is 0.405 e. The summed E-state index contributed by atoms with van der Waals surface area (Å²) >= 11 is 0. The van der Waals surface area contributed by atoms with Gasteiger partial charge in [-0.2, -0.15) is 18.4 Å². The van der Waals surface area contributed by atoms with E-state index in [4.69, 9.17) is 10.00 Å². The summed E-state index contributed by atoms with van der Waals surface area (Å²) in [6.07, 6.45) is -4.47. The maximum absolute atomic E-state index is 12.1. The van der Waals surface area contributed by atoms with Gasteiger partial charge in [0.2, 0.25) is 0 Å². The number of carbonyl (C=O) groups excluding carboxylic acids is 1. The summed E-state index contributed by atoms with van der Waals surface area (Å²) in [4.78, 5) is 11.7. The second-order valence-corrected chi connectivity index (χ2v) is 4.88. The van der Waals surface area contributed by atoms with E-state index in [-0.39, 0.29) is 12.2 Å². The number of ether oxygens (including phenoxy) is 1. The van der Waals surface area contributed by atoms with Crippen molar-refractivity contribution in [1.82, 2.24) is 5.32 Å². The highest BCUT2D eigenvalue weighted by molar-refractivity contribution is 5.94. The van der Waals surface area contributed by atoms with Gasteiger partial charge in [-0.15, -0.1) is 0 Å². The van der Waals surface area contributed by atoms with Crippen molar-refractivity contribution >= 4 is 5.91 Å². The van der Waals surface area contributed by atoms with Crippen LogP contribution in [-0.4, -0.2) is 18.6 Å². The van der Waals surface area contributed by atoms with Crippen molar-refractivity contribution in [1.29, 1.82) is 5.26 Å². The first kappa shape index (κ1) is 17.3. The minimum atomic E-state index is -4.47. The van der Waals surface area contributed by atoms with Gasteiger partial charge in [-0.05, 0) is 24.3 Å². The van der Waals surface area contributed by atoms with E-state index in [9.17, 15) is 18.0 Å². The van der Waals surface area contributed by atoms with Crippen LogP contribution in [0.3, 0.4) is 0 Å². The number of benzene rings is 2. The second-order valence-electron chi connectivity index (χ2n) is 4.88. The van der Waals surface area contributed by atoms with E-state index in [0.717, 1.165) is 0 Å². The fourth-order valence-electron chi connectivity index (χ4n) is 1.93. The van der Waals surface area contributed by atoms with Gasteiger partial charge in [-0.1, -0.05) is 24.3 Å². The molecule has 0 aromatic heterocycles. The Balaban J connectivity index is 2.03. The fourth-order valence-corrected chi connectivity index (χ4v) is 1.93. The summed E-state index contributed by atoms with van der Waals surface area (Å²) < 4.78 is 41.9. The average molecular weight is 334 g/mol. The van der Waals surface area contributed by atoms with Gasteiger partial charge in [-0.25, -0.2) is 0 Å².